The molecule has 1 nitrogen and oxygen atoms in total. The molecule has 0 spiro atoms. The predicted molar refractivity (Wildman–Crippen MR) is 12.6 cm³/mol. The molecule has 0 amide bonds. The average molecular weight is 162 g/mol. The first-order chi connectivity index (χ1) is 1.00. The van der Waals surface area contributed by atoms with Crippen LogP contribution in [0.5, 0.6) is 0 Å². The van der Waals surface area contributed by atoms with Crippen molar-refractivity contribution in [1.82, 2.24) is 0 Å². The molecule has 0 aliphatic carbocycles. The van der Waals surface area contributed by atoms with Crippen molar-refractivity contribution in [2.45, 2.75) is 0 Å². The van der Waals surface area contributed by atoms with Crippen molar-refractivity contribution in [2.75, 3.05) is 0 Å². The molecule has 0 aliphatic heterocycles. The molecule has 0 fully saturated rings. The molecule has 4 heavy (non-hydrogen) atoms. The monoisotopic (exact) mass is 162 g/mol. The van der Waals surface area contributed by atoms with Crippen LogP contribution in [-0.4, -0.2) is 6.79 Å². The van der Waals surface area contributed by atoms with Gasteiger partial charge in [-0.05, 0) is 0 Å². The van der Waals surface area contributed by atoms with Gasteiger partial charge in [0, 0.05) is 29.4 Å². The van der Waals surface area contributed by atoms with Gasteiger partial charge in [0.25, 0.3) is 6.79 Å². The third-order valence-electron chi connectivity index (χ3n) is 0. The van der Waals surface area contributed by atoms with Crippen LogP contribution >= 0.6 is 9.90 Å². The number of hydrogen-bond donors (Lipinski definition) is 0. The molecule has 3 heteroatoms. The molecule has 0 aliphatic rings. The minimum Gasteiger partial charge on any atom is -0.281 e. The van der Waals surface area contributed by atoms with E-state index >= 15 is 0 Å². The number of hydrogen-bond acceptors (Lipinski definition) is 1. The Bertz CT molecular complexity index is 8.00. The van der Waals surface area contributed by atoms with Gasteiger partial charge in [-0.2, -0.15) is 0 Å². The van der Waals surface area contributed by atoms with E-state index in [1.807, 2.05) is 0 Å². The van der Waals surface area contributed by atoms with E-state index in [0.29, 0.717) is 0 Å². The Kier molecular flexibility index (Phi) is 291. The molecule has 6 radical (unpaired) electrons. The topological polar surface area (TPSA) is 17.1 Å². The van der Waals surface area contributed by atoms with Crippen molar-refractivity contribution in [1.29, 1.82) is 0 Å². The third-order valence-corrected chi connectivity index (χ3v) is 0. The van der Waals surface area contributed by atoms with Gasteiger partial charge < -0.3 is 0 Å². The fourth-order valence-corrected chi connectivity index (χ4v) is 0. The molecular weight excluding hydrogens is 162 g/mol. The van der Waals surface area contributed by atoms with Gasteiger partial charge in [-0.1, -0.05) is 0 Å². The van der Waals surface area contributed by atoms with Crippen LogP contribution in [0.3, 0.4) is 0 Å². The maximum atomic E-state index is 7.50. The minimum atomic E-state index is 0. The quantitative estimate of drug-likeness (QED) is 0.373. The Morgan fingerprint density at radius 3 is 1.25 bits per heavy atom. The van der Waals surface area contributed by atoms with E-state index in [9.17, 15) is 0 Å². The summed E-state index contributed by atoms with van der Waals surface area (Å²) in [4.78, 5) is 7.50. The van der Waals surface area contributed by atoms with E-state index < -0.39 is 0 Å². The Morgan fingerprint density at radius 1 is 1.25 bits per heavy atom. The zero-order valence-corrected chi connectivity index (χ0v) is 4.22. The van der Waals surface area contributed by atoms with Gasteiger partial charge >= 0.3 is 0 Å². The maximum absolute atomic E-state index is 7.50. The van der Waals surface area contributed by atoms with Crippen LogP contribution in [0.1, 0.15) is 0 Å². The molecule has 0 aromatic carbocycles. The van der Waals surface area contributed by atoms with Gasteiger partial charge in [-0.15, -0.1) is 0 Å². The molecule has 0 unspecified atom stereocenters. The average Bonchev–Trinajstić information content (AvgIpc) is 1.00. The first kappa shape index (κ1) is 22.0. The van der Waals surface area contributed by atoms with Crippen molar-refractivity contribution in [2.24, 2.45) is 0 Å². The fraction of sp³-hybridized carbons (Fsp3) is 0. The molecule has 0 saturated carbocycles. The Hall–Kier alpha value is 0.723. The van der Waals surface area contributed by atoms with Crippen molar-refractivity contribution < 1.29 is 24.3 Å². The van der Waals surface area contributed by atoms with E-state index in [1.54, 1.807) is 0 Å². The summed E-state index contributed by atoms with van der Waals surface area (Å²) in [5.74, 6) is 0. The summed E-state index contributed by atoms with van der Waals surface area (Å²) in [5.41, 5.74) is 0. The van der Waals surface area contributed by atoms with Gasteiger partial charge in [0.2, 0.25) is 0 Å². The van der Waals surface area contributed by atoms with E-state index in [2.05, 4.69) is 6.79 Å². The number of rotatable bonds is 0. The van der Waals surface area contributed by atoms with Crippen molar-refractivity contribution >= 4 is 16.7 Å². The molecule has 0 atom stereocenters. The van der Waals surface area contributed by atoms with Crippen molar-refractivity contribution in [3.63, 3.8) is 0 Å². The first-order valence-corrected chi connectivity index (χ1v) is 0.204. The Balaban J connectivity index is -0.00000000500. The summed E-state index contributed by atoms with van der Waals surface area (Å²) in [6.07, 6.45) is 0. The van der Waals surface area contributed by atoms with Crippen LogP contribution in [0.2, 0.25) is 0 Å². The van der Waals surface area contributed by atoms with Crippen LogP contribution in [0, 0.1) is 0 Å². The second kappa shape index (κ2) is 52.8. The Morgan fingerprint density at radius 2 is 1.25 bits per heavy atom. The van der Waals surface area contributed by atoms with Crippen LogP contribution in [0.15, 0.2) is 0 Å². The standard InChI is InChI=1S/CO.P.Rh/c1-2;;. The van der Waals surface area contributed by atoms with Crippen LogP contribution in [0.25, 0.3) is 0 Å². The van der Waals surface area contributed by atoms with Crippen LogP contribution in [0.4, 0.5) is 0 Å². The van der Waals surface area contributed by atoms with E-state index in [4.69, 9.17) is 4.79 Å². The molecule has 24 valence electrons. The summed E-state index contributed by atoms with van der Waals surface area (Å²) in [5, 5.41) is 0. The molecule has 0 aromatic heterocycles. The van der Waals surface area contributed by atoms with Gasteiger partial charge in [0.15, 0.2) is 0 Å². The summed E-state index contributed by atoms with van der Waals surface area (Å²) >= 11 is 0. The largest absolute Gasteiger partial charge is 0.281 e. The number of carbonyl (C=O) groups excluding carboxylic acids is 1. The summed E-state index contributed by atoms with van der Waals surface area (Å²) in [7, 11) is 0. The molecule has 0 N–H and O–H groups in total. The second-order valence-corrected chi connectivity index (χ2v) is 0. The summed E-state index contributed by atoms with van der Waals surface area (Å²) in [6, 6.07) is 0. The molecule has 0 rings (SSSR count). The van der Waals surface area contributed by atoms with E-state index in [-0.39, 0.29) is 29.4 Å². The van der Waals surface area contributed by atoms with Crippen molar-refractivity contribution in [3.05, 3.63) is 0 Å². The van der Waals surface area contributed by atoms with E-state index in [0.717, 1.165) is 0 Å². The zero-order chi connectivity index (χ0) is 2.00. The van der Waals surface area contributed by atoms with E-state index in [1.165, 1.54) is 0 Å². The predicted octanol–water partition coefficient (Wildman–Crippen LogP) is 0.462. The zero-order valence-electron chi connectivity index (χ0n) is 1.69. The summed E-state index contributed by atoms with van der Waals surface area (Å²) < 4.78 is 0. The first-order valence-electron chi connectivity index (χ1n) is 0.204. The van der Waals surface area contributed by atoms with Gasteiger partial charge in [-0.3, -0.25) is 4.79 Å². The summed E-state index contributed by atoms with van der Waals surface area (Å²) in [6.45, 7) is 4.50. The molecule has 0 saturated heterocycles. The van der Waals surface area contributed by atoms with Crippen LogP contribution in [-0.2, 0) is 24.3 Å². The smallest absolute Gasteiger partial charge is 0.281 e. The third kappa shape index (κ3) is 15.5. The minimum absolute atomic E-state index is 0. The molecule has 0 heterocycles. The SMILES string of the molecule is [C]=O.[P].[Rh]. The fourth-order valence-electron chi connectivity index (χ4n) is 0. The molecular formula is COPRh. The molecule has 0 bridgehead atoms. The Labute approximate surface area is 41.5 Å². The van der Waals surface area contributed by atoms with Crippen LogP contribution < -0.4 is 0 Å². The normalized spacial score (nSPS) is 1.00. The van der Waals surface area contributed by atoms with Crippen molar-refractivity contribution in [3.8, 4) is 0 Å². The molecule has 0 aromatic rings. The van der Waals surface area contributed by atoms with Gasteiger partial charge in [-0.25, -0.2) is 0 Å². The van der Waals surface area contributed by atoms with Gasteiger partial charge in [0.05, 0.1) is 0 Å². The maximum Gasteiger partial charge on any atom is 0.281 e. The second-order valence-electron chi connectivity index (χ2n) is 0. The van der Waals surface area contributed by atoms with Gasteiger partial charge in [0.1, 0.15) is 0 Å².